The summed E-state index contributed by atoms with van der Waals surface area (Å²) >= 11 is 0. The Morgan fingerprint density at radius 3 is 1.60 bits per heavy atom. The van der Waals surface area contributed by atoms with Crippen LogP contribution in [0.3, 0.4) is 0 Å². The fourth-order valence-corrected chi connectivity index (χ4v) is 0. The molecule has 0 bridgehead atoms. The molecule has 0 aromatic rings. The summed E-state index contributed by atoms with van der Waals surface area (Å²) in [5.41, 5.74) is 10.0. The first-order valence-corrected chi connectivity index (χ1v) is 1.24. The summed E-state index contributed by atoms with van der Waals surface area (Å²) in [6.45, 7) is 5.25. The molecule has 0 amide bonds. The van der Waals surface area contributed by atoms with Crippen LogP contribution in [0.4, 0.5) is 0 Å². The Labute approximate surface area is 31.8 Å². The van der Waals surface area contributed by atoms with Crippen molar-refractivity contribution in [2.24, 2.45) is 0 Å². The van der Waals surface area contributed by atoms with Gasteiger partial charge in [0, 0.05) is 0 Å². The molecule has 0 heterocycles. The SMILES string of the molecule is C=CC.N=N. The number of allylic oxidation sites excluding steroid dienone is 1. The summed E-state index contributed by atoms with van der Waals surface area (Å²) < 4.78 is 0. The molecule has 0 saturated carbocycles. The van der Waals surface area contributed by atoms with Gasteiger partial charge < -0.3 is 0 Å². The highest BCUT2D eigenvalue weighted by molar-refractivity contribution is 4.51. The lowest BCUT2D eigenvalue weighted by Gasteiger charge is -1.31. The van der Waals surface area contributed by atoms with Crippen LogP contribution in [-0.4, -0.2) is 0 Å². The van der Waals surface area contributed by atoms with Gasteiger partial charge in [-0.15, -0.1) is 6.58 Å². The Bertz CT molecular complexity index is 18.9. The lowest BCUT2D eigenvalue weighted by atomic mass is 10.8. The van der Waals surface area contributed by atoms with Crippen molar-refractivity contribution in [1.29, 1.82) is 11.1 Å². The third-order valence-electron chi connectivity index (χ3n) is 0. The molecule has 2 N–H and O–H groups in total. The minimum atomic E-state index is 1.75. The predicted molar refractivity (Wildman–Crippen MR) is 21.3 cm³/mol. The van der Waals surface area contributed by atoms with Gasteiger partial charge in [-0.25, -0.2) is 11.1 Å². The molecule has 0 saturated heterocycles. The molecule has 0 aliphatic rings. The van der Waals surface area contributed by atoms with Crippen LogP contribution in [0.2, 0.25) is 0 Å². The monoisotopic (exact) mass is 72.1 g/mol. The van der Waals surface area contributed by atoms with Crippen molar-refractivity contribution in [1.82, 2.24) is 0 Å². The first-order valence-electron chi connectivity index (χ1n) is 1.24. The van der Waals surface area contributed by atoms with E-state index < -0.39 is 0 Å². The molecule has 0 rings (SSSR count). The quantitative estimate of drug-likeness (QED) is 0.324. The van der Waals surface area contributed by atoms with Gasteiger partial charge in [-0.1, -0.05) is 6.08 Å². The van der Waals surface area contributed by atoms with Gasteiger partial charge >= 0.3 is 0 Å². The Kier molecular flexibility index (Phi) is 280. The zero-order valence-electron chi connectivity index (χ0n) is 3.28. The minimum absolute atomic E-state index is 1.75. The Hall–Kier alpha value is -0.660. The van der Waals surface area contributed by atoms with Crippen molar-refractivity contribution < 1.29 is 0 Å². The average molecular weight is 72.1 g/mol. The summed E-state index contributed by atoms with van der Waals surface area (Å²) in [5.74, 6) is 0. The van der Waals surface area contributed by atoms with E-state index in [1.807, 2.05) is 6.92 Å². The summed E-state index contributed by atoms with van der Waals surface area (Å²) in [6, 6.07) is 0. The largest absolute Gasteiger partial charge is 0.213 e. The highest BCUT2D eigenvalue weighted by Crippen LogP contribution is 1.38. The van der Waals surface area contributed by atoms with E-state index in [1.54, 1.807) is 6.08 Å². The standard InChI is InChI=1S/C3H6.H2N2/c1-3-2;1-2/h3H,1H2,2H3;1-2H. The van der Waals surface area contributed by atoms with Crippen LogP contribution >= 0.6 is 0 Å². The van der Waals surface area contributed by atoms with Gasteiger partial charge in [0.05, 0.1) is 0 Å². The van der Waals surface area contributed by atoms with Crippen LogP contribution < -0.4 is 0 Å². The molecule has 0 radical (unpaired) electrons. The first-order chi connectivity index (χ1) is 2.41. The van der Waals surface area contributed by atoms with Crippen LogP contribution in [0.1, 0.15) is 6.92 Å². The van der Waals surface area contributed by atoms with E-state index >= 15 is 0 Å². The molecule has 5 heavy (non-hydrogen) atoms. The fraction of sp³-hybridized carbons (Fsp3) is 0.333. The molecule has 2 nitrogen and oxygen atoms in total. The molecule has 0 unspecified atom stereocenters. The van der Waals surface area contributed by atoms with Crippen LogP contribution in [0.25, 0.3) is 0 Å². The fourth-order valence-electron chi connectivity index (χ4n) is 0. The summed E-state index contributed by atoms with van der Waals surface area (Å²) in [6.07, 6.45) is 1.75. The van der Waals surface area contributed by atoms with Crippen LogP contribution in [-0.2, 0) is 0 Å². The third kappa shape index (κ3) is 13.8. The zero-order chi connectivity index (χ0) is 4.71. The van der Waals surface area contributed by atoms with Gasteiger partial charge in [0.2, 0.25) is 0 Å². The zero-order valence-corrected chi connectivity index (χ0v) is 3.28. The molecule has 0 spiro atoms. The van der Waals surface area contributed by atoms with Gasteiger partial charge in [0.25, 0.3) is 0 Å². The number of rotatable bonds is 0. The maximum Gasteiger partial charge on any atom is -0.0473 e. The highest BCUT2D eigenvalue weighted by Gasteiger charge is 1.15. The number of hydrogen-bond acceptors (Lipinski definition) is 2. The Balaban J connectivity index is 0. The molecule has 0 aromatic carbocycles. The van der Waals surface area contributed by atoms with Gasteiger partial charge in [-0.2, -0.15) is 0 Å². The average Bonchev–Trinajstić information content (AvgIpc) is 1.46. The number of nitrogens with one attached hydrogen (secondary N) is 2. The van der Waals surface area contributed by atoms with E-state index in [2.05, 4.69) is 6.58 Å². The normalized spacial score (nSPS) is 3.40. The molecule has 30 valence electrons. The van der Waals surface area contributed by atoms with E-state index in [-0.39, 0.29) is 0 Å². The minimum Gasteiger partial charge on any atom is -0.213 e. The topological polar surface area (TPSA) is 47.7 Å². The van der Waals surface area contributed by atoms with Crippen molar-refractivity contribution in [2.75, 3.05) is 0 Å². The summed E-state index contributed by atoms with van der Waals surface area (Å²) in [7, 11) is 0. The molecule has 0 aliphatic heterocycles. The second kappa shape index (κ2) is 158. The van der Waals surface area contributed by atoms with E-state index in [1.165, 1.54) is 0 Å². The van der Waals surface area contributed by atoms with Crippen molar-refractivity contribution in [3.8, 4) is 0 Å². The van der Waals surface area contributed by atoms with Crippen LogP contribution in [0, 0.1) is 11.1 Å². The van der Waals surface area contributed by atoms with E-state index in [0.717, 1.165) is 0 Å². The Morgan fingerprint density at radius 2 is 1.60 bits per heavy atom. The highest BCUT2D eigenvalue weighted by atomic mass is 14.7. The lowest BCUT2D eigenvalue weighted by Crippen LogP contribution is -1.07. The van der Waals surface area contributed by atoms with Crippen LogP contribution in [0.15, 0.2) is 12.7 Å². The summed E-state index contributed by atoms with van der Waals surface area (Å²) in [5, 5.41) is 0. The molecule has 2 heteroatoms. The molecule has 0 atom stereocenters. The van der Waals surface area contributed by atoms with E-state index in [4.69, 9.17) is 11.1 Å². The molecule has 0 aromatic heterocycles. The predicted octanol–water partition coefficient (Wildman–Crippen LogP) is 1.79. The van der Waals surface area contributed by atoms with Crippen molar-refractivity contribution in [2.45, 2.75) is 6.92 Å². The van der Waals surface area contributed by atoms with Crippen molar-refractivity contribution >= 4 is 0 Å². The maximum atomic E-state index is 5.00. The van der Waals surface area contributed by atoms with E-state index in [0.29, 0.717) is 0 Å². The molecule has 0 aliphatic carbocycles. The smallest absolute Gasteiger partial charge is 0.0473 e. The van der Waals surface area contributed by atoms with Crippen molar-refractivity contribution in [3.05, 3.63) is 12.7 Å². The lowest BCUT2D eigenvalue weighted by molar-refractivity contribution is 1.05. The van der Waals surface area contributed by atoms with Gasteiger partial charge in [0.1, 0.15) is 0 Å². The maximum absolute atomic E-state index is 5.00. The van der Waals surface area contributed by atoms with Crippen LogP contribution in [0.5, 0.6) is 0 Å². The van der Waals surface area contributed by atoms with Gasteiger partial charge in [-0.05, 0) is 6.92 Å². The number of hydrogen-bond donors (Lipinski definition) is 2. The third-order valence-corrected chi connectivity index (χ3v) is 0. The van der Waals surface area contributed by atoms with E-state index in [9.17, 15) is 0 Å². The second-order valence-electron chi connectivity index (χ2n) is 0.408. The molecule has 0 fully saturated rings. The molecular weight excluding hydrogens is 64.0 g/mol. The molecular formula is C3H8N2. The Morgan fingerprint density at radius 1 is 1.60 bits per heavy atom. The van der Waals surface area contributed by atoms with Gasteiger partial charge in [0.15, 0.2) is 0 Å². The van der Waals surface area contributed by atoms with Crippen molar-refractivity contribution in [3.63, 3.8) is 0 Å². The first kappa shape index (κ1) is 8.84. The second-order valence-corrected chi connectivity index (χ2v) is 0.408. The summed E-state index contributed by atoms with van der Waals surface area (Å²) in [4.78, 5) is 0. The van der Waals surface area contributed by atoms with Gasteiger partial charge in [-0.3, -0.25) is 0 Å².